The number of nitrogens with two attached hydrogens (primary N) is 1. The lowest BCUT2D eigenvalue weighted by Gasteiger charge is -2.13. The Morgan fingerprint density at radius 2 is 1.79 bits per heavy atom. The quantitative estimate of drug-likeness (QED) is 0.119. The standard InChI is InChI=1S/C41H42N6/c1-7-18-36-32(11-5)40-38(46(36)30-20-14-13-15-21-30)28-39-41(45-40)33(12-6)37(19-8-2)47(39)31(24-23-29(10-4)43-25-9-3)27-34(42)35-22-16-17-26-44-35/h7-8,10-22,24-28H,1,6,9,23,42H2,2-5H3/b19-8-,29-10-,31-24+,32-11+,34-27-,36-18+,43-25?. The lowest BCUT2D eigenvalue weighted by Crippen LogP contribution is -2.28. The van der Waals surface area contributed by atoms with Crippen LogP contribution in [0, 0.1) is 0 Å². The van der Waals surface area contributed by atoms with E-state index in [1.54, 1.807) is 6.20 Å². The number of nitrogens with zero attached hydrogens (tertiary/aromatic N) is 5. The number of rotatable bonds is 11. The van der Waals surface area contributed by atoms with E-state index >= 15 is 0 Å². The molecule has 0 unspecified atom stereocenters. The molecular weight excluding hydrogens is 576 g/mol. The molecule has 0 aliphatic heterocycles. The van der Waals surface area contributed by atoms with Gasteiger partial charge in [-0.3, -0.25) is 9.98 Å². The number of allylic oxidation sites excluding steroid dienone is 6. The Hall–Kier alpha value is -5.75. The fourth-order valence-electron chi connectivity index (χ4n) is 5.83. The van der Waals surface area contributed by atoms with Crippen LogP contribution in [-0.4, -0.2) is 25.3 Å². The maximum absolute atomic E-state index is 6.75. The summed E-state index contributed by atoms with van der Waals surface area (Å²) in [6.07, 6.45) is 23.4. The van der Waals surface area contributed by atoms with Gasteiger partial charge in [0.25, 0.3) is 0 Å². The van der Waals surface area contributed by atoms with Crippen molar-refractivity contribution < 1.29 is 0 Å². The summed E-state index contributed by atoms with van der Waals surface area (Å²) in [5.74, 6) is 0. The molecule has 2 N–H and O–H groups in total. The summed E-state index contributed by atoms with van der Waals surface area (Å²) in [6.45, 7) is 16.4. The third-order valence-corrected chi connectivity index (χ3v) is 7.93. The molecular formula is C41H42N6. The van der Waals surface area contributed by atoms with Gasteiger partial charge in [-0.05, 0) is 75.8 Å². The van der Waals surface area contributed by atoms with Gasteiger partial charge in [-0.2, -0.15) is 0 Å². The van der Waals surface area contributed by atoms with Crippen molar-refractivity contribution in [3.05, 3.63) is 138 Å². The van der Waals surface area contributed by atoms with Crippen LogP contribution in [0.4, 0.5) is 0 Å². The Morgan fingerprint density at radius 3 is 2.43 bits per heavy atom. The van der Waals surface area contributed by atoms with Gasteiger partial charge in [0.05, 0.1) is 44.5 Å². The molecule has 4 heterocycles. The molecule has 0 amide bonds. The summed E-state index contributed by atoms with van der Waals surface area (Å²) < 4.78 is 4.47. The molecule has 1 aromatic carbocycles. The molecule has 236 valence electrons. The zero-order valence-electron chi connectivity index (χ0n) is 27.7. The SMILES string of the molecule is C=C/C=c1\c(=C/C)c2nc3c(C=C)c(/C=C\C)n(C(/C=C(\N)c4ccccn4)=C/C/C(=C/C)N=CCC)c3cc2n1-c1ccccc1. The van der Waals surface area contributed by atoms with Crippen molar-refractivity contribution in [2.45, 2.75) is 40.5 Å². The lowest BCUT2D eigenvalue weighted by atomic mass is 10.1. The van der Waals surface area contributed by atoms with E-state index in [9.17, 15) is 0 Å². The van der Waals surface area contributed by atoms with Gasteiger partial charge >= 0.3 is 0 Å². The van der Waals surface area contributed by atoms with Gasteiger partial charge in [-0.25, -0.2) is 4.98 Å². The Labute approximate surface area is 277 Å². The molecule has 0 saturated heterocycles. The number of hydrogen-bond donors (Lipinski definition) is 1. The average molecular weight is 619 g/mol. The molecule has 6 heteroatoms. The number of para-hydroxylation sites is 1. The van der Waals surface area contributed by atoms with Gasteiger partial charge in [0.2, 0.25) is 0 Å². The first-order valence-corrected chi connectivity index (χ1v) is 16.0. The second-order valence-corrected chi connectivity index (χ2v) is 10.9. The number of hydrogen-bond acceptors (Lipinski definition) is 4. The van der Waals surface area contributed by atoms with Crippen molar-refractivity contribution in [3.63, 3.8) is 0 Å². The predicted octanol–water partition coefficient (Wildman–Crippen LogP) is 8.43. The van der Waals surface area contributed by atoms with Gasteiger partial charge in [-0.15, -0.1) is 0 Å². The van der Waals surface area contributed by atoms with Gasteiger partial charge in [0.15, 0.2) is 0 Å². The largest absolute Gasteiger partial charge is 0.397 e. The first-order valence-electron chi connectivity index (χ1n) is 16.0. The van der Waals surface area contributed by atoms with Crippen molar-refractivity contribution in [2.24, 2.45) is 10.7 Å². The van der Waals surface area contributed by atoms with Crippen LogP contribution in [-0.2, 0) is 0 Å². The third kappa shape index (κ3) is 6.49. The second-order valence-electron chi connectivity index (χ2n) is 10.9. The maximum atomic E-state index is 6.75. The summed E-state index contributed by atoms with van der Waals surface area (Å²) in [4.78, 5) is 14.6. The van der Waals surface area contributed by atoms with Crippen molar-refractivity contribution in [3.8, 4) is 5.69 Å². The monoisotopic (exact) mass is 618 g/mol. The van der Waals surface area contributed by atoms with Crippen LogP contribution in [0.1, 0.15) is 57.5 Å². The van der Waals surface area contributed by atoms with E-state index in [0.29, 0.717) is 17.8 Å². The molecule has 5 rings (SSSR count). The molecule has 0 aliphatic rings. The molecule has 0 radical (unpaired) electrons. The first kappa shape index (κ1) is 32.6. The molecule has 0 aliphatic carbocycles. The van der Waals surface area contributed by atoms with Gasteiger partial charge < -0.3 is 14.9 Å². The van der Waals surface area contributed by atoms with Crippen molar-refractivity contribution in [2.75, 3.05) is 0 Å². The minimum atomic E-state index is 0.553. The number of fused-ring (bicyclic) bond motifs is 2. The minimum Gasteiger partial charge on any atom is -0.397 e. The van der Waals surface area contributed by atoms with Crippen LogP contribution in [0.15, 0.2) is 115 Å². The Balaban J connectivity index is 1.94. The van der Waals surface area contributed by atoms with Crippen LogP contribution in [0.3, 0.4) is 0 Å². The second kappa shape index (κ2) is 15.0. The van der Waals surface area contributed by atoms with Crippen LogP contribution in [0.2, 0.25) is 0 Å². The molecule has 0 spiro atoms. The Kier molecular flexibility index (Phi) is 10.4. The summed E-state index contributed by atoms with van der Waals surface area (Å²) in [6, 6.07) is 18.3. The molecule has 47 heavy (non-hydrogen) atoms. The first-order chi connectivity index (χ1) is 23.0. The molecule has 4 aromatic heterocycles. The molecule has 6 nitrogen and oxygen atoms in total. The fourth-order valence-corrected chi connectivity index (χ4v) is 5.83. The minimum absolute atomic E-state index is 0.553. The summed E-state index contributed by atoms with van der Waals surface area (Å²) in [5, 5.41) is 2.06. The lowest BCUT2D eigenvalue weighted by molar-refractivity contribution is 1.07. The fraction of sp³-hybridized carbons (Fsp3) is 0.146. The summed E-state index contributed by atoms with van der Waals surface area (Å²) in [5.41, 5.74) is 16.5. The Bertz CT molecular complexity index is 2200. The number of pyridine rings is 2. The highest BCUT2D eigenvalue weighted by molar-refractivity contribution is 6.01. The van der Waals surface area contributed by atoms with Gasteiger partial charge in [0.1, 0.15) is 0 Å². The normalized spacial score (nSPS) is 14.0. The molecule has 0 bridgehead atoms. The van der Waals surface area contributed by atoms with Crippen LogP contribution < -0.4 is 16.3 Å². The number of benzene rings is 1. The zero-order chi connectivity index (χ0) is 33.3. The van der Waals surface area contributed by atoms with E-state index in [-0.39, 0.29) is 0 Å². The highest BCUT2D eigenvalue weighted by Gasteiger charge is 2.21. The highest BCUT2D eigenvalue weighted by Crippen LogP contribution is 2.34. The van der Waals surface area contributed by atoms with Crippen molar-refractivity contribution in [1.82, 2.24) is 19.1 Å². The number of aliphatic imine (C=N–C) groups is 1. The summed E-state index contributed by atoms with van der Waals surface area (Å²) in [7, 11) is 0. The van der Waals surface area contributed by atoms with E-state index in [4.69, 9.17) is 10.7 Å². The van der Waals surface area contributed by atoms with E-state index in [0.717, 1.165) is 67.4 Å². The van der Waals surface area contributed by atoms with E-state index in [1.807, 2.05) is 87.7 Å². The number of aromatic nitrogens is 4. The van der Waals surface area contributed by atoms with Crippen LogP contribution in [0.5, 0.6) is 0 Å². The van der Waals surface area contributed by atoms with Crippen molar-refractivity contribution >= 4 is 64.0 Å². The topological polar surface area (TPSA) is 74.0 Å². The Morgan fingerprint density at radius 1 is 1.00 bits per heavy atom. The zero-order valence-corrected chi connectivity index (χ0v) is 27.7. The molecule has 0 atom stereocenters. The van der Waals surface area contributed by atoms with Crippen molar-refractivity contribution in [1.29, 1.82) is 0 Å². The third-order valence-electron chi connectivity index (χ3n) is 7.93. The van der Waals surface area contributed by atoms with E-state index in [2.05, 4.69) is 87.8 Å². The molecule has 0 saturated carbocycles. The predicted molar refractivity (Wildman–Crippen MR) is 203 cm³/mol. The smallest absolute Gasteiger partial charge is 0.0972 e. The molecule has 5 aromatic rings. The maximum Gasteiger partial charge on any atom is 0.0972 e. The van der Waals surface area contributed by atoms with E-state index in [1.165, 1.54) is 0 Å². The van der Waals surface area contributed by atoms with Gasteiger partial charge in [-0.1, -0.05) is 80.8 Å². The molecule has 0 fully saturated rings. The average Bonchev–Trinajstić information content (AvgIpc) is 3.57. The highest BCUT2D eigenvalue weighted by atomic mass is 15.0. The van der Waals surface area contributed by atoms with Crippen LogP contribution in [0.25, 0.3) is 63.5 Å². The summed E-state index contributed by atoms with van der Waals surface area (Å²) >= 11 is 0. The van der Waals surface area contributed by atoms with Gasteiger partial charge in [0, 0.05) is 46.7 Å². The van der Waals surface area contributed by atoms with Crippen LogP contribution >= 0.6 is 0 Å². The van der Waals surface area contributed by atoms with E-state index < -0.39 is 0 Å².